The minimum Gasteiger partial charge on any atom is -0.371 e. The van der Waals surface area contributed by atoms with E-state index in [1.807, 2.05) is 12.1 Å². The van der Waals surface area contributed by atoms with Gasteiger partial charge >= 0.3 is 0 Å². The predicted molar refractivity (Wildman–Crippen MR) is 112 cm³/mol. The molecular formula is C23H29N3O5. The van der Waals surface area contributed by atoms with Crippen molar-refractivity contribution in [3.05, 3.63) is 29.3 Å². The molecule has 0 bridgehead atoms. The molecule has 0 radical (unpaired) electrons. The average molecular weight is 428 g/mol. The monoisotopic (exact) mass is 427 g/mol. The lowest BCUT2D eigenvalue weighted by Crippen LogP contribution is -2.58. The van der Waals surface area contributed by atoms with Gasteiger partial charge in [0.1, 0.15) is 6.04 Å². The largest absolute Gasteiger partial charge is 0.371 e. The van der Waals surface area contributed by atoms with Crippen LogP contribution in [0.25, 0.3) is 0 Å². The van der Waals surface area contributed by atoms with E-state index in [0.29, 0.717) is 18.5 Å². The summed E-state index contributed by atoms with van der Waals surface area (Å²) in [5, 5.41) is 2.35. The summed E-state index contributed by atoms with van der Waals surface area (Å²) >= 11 is 0. The lowest BCUT2D eigenvalue weighted by molar-refractivity contribution is -0.300. The summed E-state index contributed by atoms with van der Waals surface area (Å²) in [4.78, 5) is 40.7. The molecule has 1 aromatic carbocycles. The zero-order chi connectivity index (χ0) is 21.8. The summed E-state index contributed by atoms with van der Waals surface area (Å²) in [5.41, 5.74) is 2.95. The third kappa shape index (κ3) is 3.32. The molecule has 5 rings (SSSR count). The van der Waals surface area contributed by atoms with Crippen molar-refractivity contribution in [1.82, 2.24) is 10.2 Å². The molecule has 31 heavy (non-hydrogen) atoms. The number of rotatable bonds is 4. The van der Waals surface area contributed by atoms with Gasteiger partial charge in [-0.3, -0.25) is 19.7 Å². The molecule has 3 heterocycles. The van der Waals surface area contributed by atoms with Crippen LogP contribution in [0.3, 0.4) is 0 Å². The van der Waals surface area contributed by atoms with Gasteiger partial charge in [-0.15, -0.1) is 0 Å². The van der Waals surface area contributed by atoms with Gasteiger partial charge in [0.25, 0.3) is 5.91 Å². The van der Waals surface area contributed by atoms with Crippen LogP contribution in [0.15, 0.2) is 18.2 Å². The van der Waals surface area contributed by atoms with Gasteiger partial charge in [-0.1, -0.05) is 6.07 Å². The van der Waals surface area contributed by atoms with Crippen molar-refractivity contribution in [3.8, 4) is 0 Å². The van der Waals surface area contributed by atoms with Gasteiger partial charge in [-0.2, -0.15) is 0 Å². The average Bonchev–Trinajstić information content (AvgIpc) is 3.08. The van der Waals surface area contributed by atoms with E-state index in [0.717, 1.165) is 50.0 Å². The van der Waals surface area contributed by atoms with E-state index in [1.165, 1.54) is 0 Å². The van der Waals surface area contributed by atoms with Gasteiger partial charge in [0, 0.05) is 64.4 Å². The Morgan fingerprint density at radius 1 is 1.06 bits per heavy atom. The molecule has 1 aliphatic carbocycles. The van der Waals surface area contributed by atoms with E-state index >= 15 is 0 Å². The summed E-state index contributed by atoms with van der Waals surface area (Å²) in [6.07, 6.45) is 4.68. The molecule has 4 aliphatic rings. The number of hydrogen-bond acceptors (Lipinski definition) is 6. The van der Waals surface area contributed by atoms with Crippen LogP contribution in [0.1, 0.15) is 54.4 Å². The Bertz CT molecular complexity index is 923. The standard InChI is InChI=1S/C23H29N3O5/c1-30-23(31-2)13-22(14-23)7-9-25(10-8-22)16-4-3-15-12-26(21(29)17(15)11-16)18-5-6-19(27)24-20(18)28/h3-4,11,18H,5-10,12-14H2,1-2H3,(H,24,27,28). The number of fused-ring (bicyclic) bond motifs is 1. The van der Waals surface area contributed by atoms with Gasteiger partial charge in [0.2, 0.25) is 11.8 Å². The molecule has 1 spiro atoms. The van der Waals surface area contributed by atoms with Crippen molar-refractivity contribution in [2.45, 2.75) is 56.9 Å². The lowest BCUT2D eigenvalue weighted by atomic mass is 9.59. The maximum absolute atomic E-state index is 13.1. The molecule has 1 saturated carbocycles. The number of nitrogens with zero attached hydrogens (tertiary/aromatic N) is 2. The quantitative estimate of drug-likeness (QED) is 0.583. The molecular weight excluding hydrogens is 398 g/mol. The predicted octanol–water partition coefficient (Wildman–Crippen LogP) is 1.82. The summed E-state index contributed by atoms with van der Waals surface area (Å²) in [6.45, 7) is 2.29. The second kappa shape index (κ2) is 7.31. The number of amides is 3. The molecule has 8 heteroatoms. The summed E-state index contributed by atoms with van der Waals surface area (Å²) < 4.78 is 11.1. The first-order valence-corrected chi connectivity index (χ1v) is 11.0. The number of benzene rings is 1. The number of nitrogens with one attached hydrogen (secondary N) is 1. The van der Waals surface area contributed by atoms with Gasteiger partial charge in [0.15, 0.2) is 5.79 Å². The van der Waals surface area contributed by atoms with E-state index in [2.05, 4.69) is 16.3 Å². The van der Waals surface area contributed by atoms with Crippen molar-refractivity contribution in [1.29, 1.82) is 0 Å². The first kappa shape index (κ1) is 20.5. The summed E-state index contributed by atoms with van der Waals surface area (Å²) in [6, 6.07) is 5.48. The van der Waals surface area contributed by atoms with E-state index < -0.39 is 11.8 Å². The number of methoxy groups -OCH3 is 2. The highest BCUT2D eigenvalue weighted by Gasteiger charge is 2.56. The molecule has 1 atom stereocenters. The molecule has 1 aromatic rings. The first-order chi connectivity index (χ1) is 14.9. The Balaban J connectivity index is 1.26. The van der Waals surface area contributed by atoms with Crippen molar-refractivity contribution < 1.29 is 23.9 Å². The fourth-order valence-electron chi connectivity index (χ4n) is 5.80. The number of carbonyl (C=O) groups is 3. The highest BCUT2D eigenvalue weighted by Crippen LogP contribution is 2.56. The second-order valence-electron chi connectivity index (χ2n) is 9.40. The Labute approximate surface area is 181 Å². The Kier molecular flexibility index (Phi) is 4.82. The molecule has 166 valence electrons. The SMILES string of the molecule is COC1(OC)CC2(CCN(c3ccc4c(c3)C(=O)N(C3CCC(=O)NC3=O)C4)CC2)C1. The van der Waals surface area contributed by atoms with Crippen molar-refractivity contribution in [2.24, 2.45) is 5.41 Å². The number of hydrogen-bond donors (Lipinski definition) is 1. The molecule has 1 N–H and O–H groups in total. The molecule has 1 unspecified atom stereocenters. The second-order valence-corrected chi connectivity index (χ2v) is 9.40. The Hall–Kier alpha value is -2.45. The van der Waals surface area contributed by atoms with Gasteiger partial charge in [-0.25, -0.2) is 0 Å². The van der Waals surface area contributed by atoms with Crippen LogP contribution >= 0.6 is 0 Å². The minimum atomic E-state index is -0.573. The molecule has 8 nitrogen and oxygen atoms in total. The number of imide groups is 1. The molecule has 2 saturated heterocycles. The minimum absolute atomic E-state index is 0.121. The topological polar surface area (TPSA) is 88.2 Å². The highest BCUT2D eigenvalue weighted by atomic mass is 16.7. The fourth-order valence-corrected chi connectivity index (χ4v) is 5.80. The normalized spacial score (nSPS) is 26.6. The zero-order valence-electron chi connectivity index (χ0n) is 18.1. The molecule has 0 aromatic heterocycles. The van der Waals surface area contributed by atoms with Crippen LogP contribution in [-0.4, -0.2) is 61.8 Å². The Morgan fingerprint density at radius 3 is 2.42 bits per heavy atom. The molecule has 3 fully saturated rings. The molecule has 3 amide bonds. The number of piperidine rings is 2. The van der Waals surface area contributed by atoms with Crippen molar-refractivity contribution >= 4 is 23.4 Å². The summed E-state index contributed by atoms with van der Waals surface area (Å²) in [5.74, 6) is -1.18. The van der Waals surface area contributed by atoms with Crippen LogP contribution in [0, 0.1) is 5.41 Å². The van der Waals surface area contributed by atoms with Crippen LogP contribution in [-0.2, 0) is 25.6 Å². The van der Waals surface area contributed by atoms with E-state index in [1.54, 1.807) is 19.1 Å². The van der Waals surface area contributed by atoms with E-state index in [4.69, 9.17) is 9.47 Å². The molecule has 3 aliphatic heterocycles. The van der Waals surface area contributed by atoms with Crippen LogP contribution in [0.2, 0.25) is 0 Å². The maximum Gasteiger partial charge on any atom is 0.255 e. The van der Waals surface area contributed by atoms with Gasteiger partial charge < -0.3 is 19.3 Å². The maximum atomic E-state index is 13.1. The highest BCUT2D eigenvalue weighted by molar-refractivity contribution is 6.05. The number of ether oxygens (including phenoxy) is 2. The Morgan fingerprint density at radius 2 is 1.77 bits per heavy atom. The van der Waals surface area contributed by atoms with Crippen molar-refractivity contribution in [3.63, 3.8) is 0 Å². The van der Waals surface area contributed by atoms with Crippen LogP contribution in [0.4, 0.5) is 5.69 Å². The van der Waals surface area contributed by atoms with Crippen molar-refractivity contribution in [2.75, 3.05) is 32.2 Å². The fraction of sp³-hybridized carbons (Fsp3) is 0.609. The number of carbonyl (C=O) groups excluding carboxylic acids is 3. The van der Waals surface area contributed by atoms with E-state index in [-0.39, 0.29) is 29.6 Å². The summed E-state index contributed by atoms with van der Waals surface area (Å²) in [7, 11) is 3.43. The van der Waals surface area contributed by atoms with Gasteiger partial charge in [0.05, 0.1) is 0 Å². The van der Waals surface area contributed by atoms with E-state index in [9.17, 15) is 14.4 Å². The van der Waals surface area contributed by atoms with Crippen LogP contribution in [0.5, 0.6) is 0 Å². The van der Waals surface area contributed by atoms with Gasteiger partial charge in [-0.05, 0) is 42.4 Å². The first-order valence-electron chi connectivity index (χ1n) is 11.0. The third-order valence-electron chi connectivity index (χ3n) is 7.73. The third-order valence-corrected chi connectivity index (χ3v) is 7.73. The van der Waals surface area contributed by atoms with Crippen LogP contribution < -0.4 is 10.2 Å². The smallest absolute Gasteiger partial charge is 0.255 e. The lowest BCUT2D eigenvalue weighted by Gasteiger charge is -2.57. The zero-order valence-corrected chi connectivity index (χ0v) is 18.1. The number of anilines is 1.